The van der Waals surface area contributed by atoms with Crippen LogP contribution >= 0.6 is 11.8 Å². The van der Waals surface area contributed by atoms with Crippen LogP contribution in [0.2, 0.25) is 0 Å². The van der Waals surface area contributed by atoms with Crippen LogP contribution in [0.3, 0.4) is 0 Å². The van der Waals surface area contributed by atoms with Crippen molar-refractivity contribution in [1.82, 2.24) is 0 Å². The summed E-state index contributed by atoms with van der Waals surface area (Å²) in [5.74, 6) is 0.182. The Labute approximate surface area is 171 Å². The first-order valence-corrected chi connectivity index (χ1v) is 10.8. The number of rotatable bonds is 9. The molecule has 0 aliphatic heterocycles. The average Bonchev–Trinajstić information content (AvgIpc) is 2.67. The summed E-state index contributed by atoms with van der Waals surface area (Å²) in [4.78, 5) is 26.7. The summed E-state index contributed by atoms with van der Waals surface area (Å²) < 4.78 is 0. The molecule has 0 bridgehead atoms. The highest BCUT2D eigenvalue weighted by Crippen LogP contribution is 2.26. The largest absolute Gasteiger partial charge is 0.322 e. The van der Waals surface area contributed by atoms with Crippen molar-refractivity contribution in [3.63, 3.8) is 0 Å². The minimum absolute atomic E-state index is 0.0921. The van der Waals surface area contributed by atoms with Gasteiger partial charge in [0.15, 0.2) is 13.1 Å². The molecule has 0 saturated carbocycles. The standard InChI is InChI=1S/C22H29N3O2S/c1-5-16(2)17-10-6-7-11-18(17)23-21(26)14-25(3)15-22(27)24-19-12-8-9-13-20(19)28-4/h6-13,16H,5,14-15H2,1-4H3,(H,23,26)(H,24,27)/p+1/t16-/m1/s1. The van der Waals surface area contributed by atoms with Crippen LogP contribution < -0.4 is 15.5 Å². The zero-order valence-corrected chi connectivity index (χ0v) is 17.9. The molecule has 2 rings (SSSR count). The summed E-state index contributed by atoms with van der Waals surface area (Å²) >= 11 is 1.59. The van der Waals surface area contributed by atoms with Crippen LogP contribution in [0, 0.1) is 0 Å². The van der Waals surface area contributed by atoms with Gasteiger partial charge in [-0.05, 0) is 42.4 Å². The molecule has 0 radical (unpaired) electrons. The molecule has 3 N–H and O–H groups in total. The van der Waals surface area contributed by atoms with Gasteiger partial charge in [-0.3, -0.25) is 9.59 Å². The number of hydrogen-bond acceptors (Lipinski definition) is 3. The van der Waals surface area contributed by atoms with Crippen LogP contribution in [0.1, 0.15) is 31.7 Å². The van der Waals surface area contributed by atoms with E-state index in [0.717, 1.165) is 33.2 Å². The second-order valence-electron chi connectivity index (χ2n) is 7.00. The van der Waals surface area contributed by atoms with Gasteiger partial charge in [-0.15, -0.1) is 11.8 Å². The maximum Gasteiger partial charge on any atom is 0.279 e. The third kappa shape index (κ3) is 6.39. The van der Waals surface area contributed by atoms with Gasteiger partial charge in [0.1, 0.15) is 0 Å². The van der Waals surface area contributed by atoms with Crippen molar-refractivity contribution in [2.24, 2.45) is 0 Å². The van der Waals surface area contributed by atoms with Crippen LogP contribution in [-0.2, 0) is 9.59 Å². The zero-order valence-electron chi connectivity index (χ0n) is 17.0. The molecule has 0 saturated heterocycles. The quantitative estimate of drug-likeness (QED) is 0.567. The lowest BCUT2D eigenvalue weighted by molar-refractivity contribution is -0.862. The van der Waals surface area contributed by atoms with E-state index in [1.165, 1.54) is 0 Å². The number of quaternary nitrogens is 1. The fraction of sp³-hybridized carbons (Fsp3) is 0.364. The fourth-order valence-corrected chi connectivity index (χ4v) is 3.56. The average molecular weight is 401 g/mol. The van der Waals surface area contributed by atoms with Crippen molar-refractivity contribution in [3.8, 4) is 0 Å². The van der Waals surface area contributed by atoms with Crippen molar-refractivity contribution in [2.45, 2.75) is 31.1 Å². The van der Waals surface area contributed by atoms with Gasteiger partial charge in [-0.1, -0.05) is 44.2 Å². The van der Waals surface area contributed by atoms with Gasteiger partial charge in [-0.25, -0.2) is 0 Å². The minimum Gasteiger partial charge on any atom is -0.322 e. The van der Waals surface area contributed by atoms with E-state index in [1.54, 1.807) is 11.8 Å². The highest BCUT2D eigenvalue weighted by Gasteiger charge is 2.17. The second kappa shape index (κ2) is 10.9. The van der Waals surface area contributed by atoms with E-state index in [1.807, 2.05) is 55.8 Å². The number of anilines is 2. The number of nitrogens with one attached hydrogen (secondary N) is 3. The number of carbonyl (C=O) groups excluding carboxylic acids is 2. The molecule has 0 aliphatic carbocycles. The Morgan fingerprint density at radius 3 is 2.11 bits per heavy atom. The van der Waals surface area contributed by atoms with Crippen LogP contribution in [0.5, 0.6) is 0 Å². The monoisotopic (exact) mass is 400 g/mol. The van der Waals surface area contributed by atoms with Crippen LogP contribution in [0.25, 0.3) is 0 Å². The fourth-order valence-electron chi connectivity index (χ4n) is 3.01. The molecule has 2 atom stereocenters. The van der Waals surface area contributed by atoms with Gasteiger partial charge in [0.05, 0.1) is 12.7 Å². The number of thioether (sulfide) groups is 1. The van der Waals surface area contributed by atoms with E-state index < -0.39 is 0 Å². The first-order chi connectivity index (χ1) is 13.4. The van der Waals surface area contributed by atoms with Gasteiger partial charge in [0.2, 0.25) is 0 Å². The summed E-state index contributed by atoms with van der Waals surface area (Å²) in [6, 6.07) is 15.6. The second-order valence-corrected chi connectivity index (χ2v) is 7.85. The maximum absolute atomic E-state index is 12.5. The van der Waals surface area contributed by atoms with Crippen LogP contribution in [0.15, 0.2) is 53.4 Å². The van der Waals surface area contributed by atoms with E-state index in [2.05, 4.69) is 30.5 Å². The van der Waals surface area contributed by atoms with Crippen molar-refractivity contribution in [2.75, 3.05) is 37.0 Å². The number of amides is 2. The van der Waals surface area contributed by atoms with Gasteiger partial charge in [-0.2, -0.15) is 0 Å². The Morgan fingerprint density at radius 2 is 1.50 bits per heavy atom. The molecule has 2 amide bonds. The Hall–Kier alpha value is -2.31. The Morgan fingerprint density at radius 1 is 0.964 bits per heavy atom. The molecule has 150 valence electrons. The van der Waals surface area contributed by atoms with E-state index in [0.29, 0.717) is 5.92 Å². The Bertz CT molecular complexity index is 810. The molecule has 2 aromatic rings. The molecular weight excluding hydrogens is 370 g/mol. The summed E-state index contributed by atoms with van der Waals surface area (Å²) in [6.07, 6.45) is 2.99. The number of carbonyl (C=O) groups is 2. The Kier molecular flexibility index (Phi) is 8.54. The molecule has 5 nitrogen and oxygen atoms in total. The van der Waals surface area contributed by atoms with Crippen LogP contribution in [0.4, 0.5) is 11.4 Å². The molecule has 0 aromatic heterocycles. The molecule has 0 fully saturated rings. The normalized spacial score (nSPS) is 12.9. The number of para-hydroxylation sites is 2. The van der Waals surface area contributed by atoms with Crippen molar-refractivity contribution in [3.05, 3.63) is 54.1 Å². The lowest BCUT2D eigenvalue weighted by atomic mass is 9.97. The summed E-state index contributed by atoms with van der Waals surface area (Å²) in [7, 11) is 1.85. The van der Waals surface area contributed by atoms with Gasteiger partial charge >= 0.3 is 0 Å². The van der Waals surface area contributed by atoms with E-state index in [-0.39, 0.29) is 24.9 Å². The summed E-state index contributed by atoms with van der Waals surface area (Å²) in [6.45, 7) is 4.74. The Balaban J connectivity index is 1.90. The first-order valence-electron chi connectivity index (χ1n) is 9.57. The van der Waals surface area contributed by atoms with Gasteiger partial charge in [0.25, 0.3) is 11.8 Å². The number of benzene rings is 2. The lowest BCUT2D eigenvalue weighted by Crippen LogP contribution is -3.11. The molecule has 28 heavy (non-hydrogen) atoms. The van der Waals surface area contributed by atoms with Crippen molar-refractivity contribution >= 4 is 35.0 Å². The molecular formula is C22H30N3O2S+. The van der Waals surface area contributed by atoms with E-state index in [4.69, 9.17) is 0 Å². The number of likely N-dealkylation sites (N-methyl/N-ethyl adjacent to an activating group) is 1. The predicted molar refractivity (Wildman–Crippen MR) is 117 cm³/mol. The maximum atomic E-state index is 12.5. The van der Waals surface area contributed by atoms with Crippen molar-refractivity contribution < 1.29 is 14.5 Å². The molecule has 2 aromatic carbocycles. The molecule has 0 aliphatic rings. The first kappa shape index (κ1) is 22.0. The lowest BCUT2D eigenvalue weighted by Gasteiger charge is -2.17. The van der Waals surface area contributed by atoms with E-state index in [9.17, 15) is 9.59 Å². The topological polar surface area (TPSA) is 62.6 Å². The van der Waals surface area contributed by atoms with E-state index >= 15 is 0 Å². The number of hydrogen-bond donors (Lipinski definition) is 3. The van der Waals surface area contributed by atoms with Gasteiger partial charge < -0.3 is 15.5 Å². The highest BCUT2D eigenvalue weighted by atomic mass is 32.2. The highest BCUT2D eigenvalue weighted by molar-refractivity contribution is 7.98. The zero-order chi connectivity index (χ0) is 20.5. The molecule has 0 heterocycles. The third-order valence-electron chi connectivity index (χ3n) is 4.68. The smallest absolute Gasteiger partial charge is 0.279 e. The summed E-state index contributed by atoms with van der Waals surface area (Å²) in [5, 5.41) is 5.94. The predicted octanol–water partition coefficient (Wildman–Crippen LogP) is 3.01. The molecule has 0 spiro atoms. The van der Waals surface area contributed by atoms with Crippen LogP contribution in [-0.4, -0.2) is 38.2 Å². The van der Waals surface area contributed by atoms with Crippen molar-refractivity contribution in [1.29, 1.82) is 0 Å². The summed E-state index contributed by atoms with van der Waals surface area (Å²) in [5.41, 5.74) is 2.80. The third-order valence-corrected chi connectivity index (χ3v) is 5.48. The minimum atomic E-state index is -0.105. The molecule has 6 heteroatoms. The molecule has 1 unspecified atom stereocenters. The SMILES string of the molecule is CC[C@@H](C)c1ccccc1NC(=O)C[NH+](C)CC(=O)Nc1ccccc1SC. The van der Waals surface area contributed by atoms with Gasteiger partial charge in [0, 0.05) is 10.6 Å².